The Kier molecular flexibility index (Phi) is 7.15. The summed E-state index contributed by atoms with van der Waals surface area (Å²) in [6.45, 7) is 3.16. The Morgan fingerprint density at radius 1 is 1.15 bits per heavy atom. The largest absolute Gasteiger partial charge is 0.493 e. The molecule has 1 saturated heterocycles. The van der Waals surface area contributed by atoms with E-state index in [-0.39, 0.29) is 18.5 Å². The lowest BCUT2D eigenvalue weighted by atomic mass is 9.91. The number of nitrogens with one attached hydrogen (secondary N) is 1. The summed E-state index contributed by atoms with van der Waals surface area (Å²) >= 11 is 0. The maximum atomic E-state index is 12.4. The second-order valence-corrected chi connectivity index (χ2v) is 6.76. The molecule has 8 nitrogen and oxygen atoms in total. The van der Waals surface area contributed by atoms with E-state index in [0.29, 0.717) is 43.2 Å². The molecule has 1 aromatic rings. The van der Waals surface area contributed by atoms with Gasteiger partial charge in [-0.1, -0.05) is 13.0 Å². The number of carbonyl (C=O) groups excluding carboxylic acids is 1. The zero-order valence-corrected chi connectivity index (χ0v) is 16.3. The van der Waals surface area contributed by atoms with Crippen LogP contribution in [0.4, 0.5) is 4.79 Å². The third kappa shape index (κ3) is 4.96. The number of piperidine rings is 1. The number of aliphatic carboxylic acids is 1. The molecular weight excluding hydrogens is 352 g/mol. The molecule has 0 bridgehead atoms. The minimum absolute atomic E-state index is 0.163. The van der Waals surface area contributed by atoms with Gasteiger partial charge in [0.2, 0.25) is 5.75 Å². The van der Waals surface area contributed by atoms with Gasteiger partial charge in [0.05, 0.1) is 27.2 Å². The number of carboxylic acids is 1. The molecule has 1 aromatic carbocycles. The molecule has 2 atom stereocenters. The molecule has 1 fully saturated rings. The third-order valence-corrected chi connectivity index (χ3v) is 4.75. The SMILES string of the molecule is COc1ccc(CCNC(=O)N2CC(C)CC(C(=O)O)C2)c(OC)c1OC. The predicted molar refractivity (Wildman–Crippen MR) is 99.7 cm³/mol. The van der Waals surface area contributed by atoms with E-state index in [1.54, 1.807) is 32.3 Å². The van der Waals surface area contributed by atoms with Gasteiger partial charge in [-0.05, 0) is 24.8 Å². The van der Waals surface area contributed by atoms with Crippen LogP contribution in [-0.2, 0) is 11.2 Å². The third-order valence-electron chi connectivity index (χ3n) is 4.75. The lowest BCUT2D eigenvalue weighted by Crippen LogP contribution is -2.49. The summed E-state index contributed by atoms with van der Waals surface area (Å²) in [5.74, 6) is 0.460. The topological polar surface area (TPSA) is 97.3 Å². The fourth-order valence-corrected chi connectivity index (χ4v) is 3.47. The number of hydrogen-bond donors (Lipinski definition) is 2. The zero-order valence-electron chi connectivity index (χ0n) is 16.3. The average Bonchev–Trinajstić information content (AvgIpc) is 2.66. The van der Waals surface area contributed by atoms with Crippen LogP contribution in [0.25, 0.3) is 0 Å². The van der Waals surface area contributed by atoms with Crippen molar-refractivity contribution < 1.29 is 28.9 Å². The highest BCUT2D eigenvalue weighted by molar-refractivity contribution is 5.76. The van der Waals surface area contributed by atoms with Gasteiger partial charge in [-0.25, -0.2) is 4.79 Å². The van der Waals surface area contributed by atoms with Gasteiger partial charge in [0.25, 0.3) is 0 Å². The normalized spacial score (nSPS) is 19.3. The molecule has 2 unspecified atom stereocenters. The number of amides is 2. The van der Waals surface area contributed by atoms with Crippen molar-refractivity contribution in [3.05, 3.63) is 17.7 Å². The van der Waals surface area contributed by atoms with Crippen molar-refractivity contribution >= 4 is 12.0 Å². The van der Waals surface area contributed by atoms with Gasteiger partial charge in [-0.15, -0.1) is 0 Å². The number of ether oxygens (including phenoxy) is 3. The van der Waals surface area contributed by atoms with E-state index in [1.165, 1.54) is 0 Å². The number of rotatable bonds is 7. The van der Waals surface area contributed by atoms with E-state index in [4.69, 9.17) is 14.2 Å². The van der Waals surface area contributed by atoms with E-state index in [9.17, 15) is 14.7 Å². The van der Waals surface area contributed by atoms with Gasteiger partial charge in [0.15, 0.2) is 11.5 Å². The van der Waals surface area contributed by atoms with Crippen LogP contribution < -0.4 is 19.5 Å². The molecule has 27 heavy (non-hydrogen) atoms. The monoisotopic (exact) mass is 380 g/mol. The fraction of sp³-hybridized carbons (Fsp3) is 0.579. The molecule has 1 aliphatic rings. The maximum absolute atomic E-state index is 12.4. The van der Waals surface area contributed by atoms with E-state index in [2.05, 4.69) is 5.32 Å². The molecule has 2 amide bonds. The van der Waals surface area contributed by atoms with Gasteiger partial charge >= 0.3 is 12.0 Å². The molecule has 0 aliphatic carbocycles. The van der Waals surface area contributed by atoms with Gasteiger partial charge in [-0.3, -0.25) is 4.79 Å². The first kappa shape index (κ1) is 20.7. The first-order valence-electron chi connectivity index (χ1n) is 8.94. The van der Waals surface area contributed by atoms with Crippen molar-refractivity contribution in [1.29, 1.82) is 0 Å². The Hall–Kier alpha value is -2.64. The van der Waals surface area contributed by atoms with Crippen molar-refractivity contribution in [2.45, 2.75) is 19.8 Å². The number of hydrogen-bond acceptors (Lipinski definition) is 5. The van der Waals surface area contributed by atoms with Gasteiger partial charge < -0.3 is 29.5 Å². The number of likely N-dealkylation sites (tertiary alicyclic amines) is 1. The highest BCUT2D eigenvalue weighted by Crippen LogP contribution is 2.39. The van der Waals surface area contributed by atoms with Crippen LogP contribution in [0.5, 0.6) is 17.2 Å². The van der Waals surface area contributed by atoms with Gasteiger partial charge in [-0.2, -0.15) is 0 Å². The Balaban J connectivity index is 1.97. The van der Waals surface area contributed by atoms with Crippen LogP contribution in [-0.4, -0.2) is 63.0 Å². The summed E-state index contributed by atoms with van der Waals surface area (Å²) in [5.41, 5.74) is 0.880. The number of carboxylic acid groups (broad SMARTS) is 1. The molecule has 2 N–H and O–H groups in total. The van der Waals surface area contributed by atoms with E-state index < -0.39 is 11.9 Å². The number of methoxy groups -OCH3 is 3. The van der Waals surface area contributed by atoms with E-state index in [0.717, 1.165) is 5.56 Å². The van der Waals surface area contributed by atoms with E-state index in [1.807, 2.05) is 13.0 Å². The lowest BCUT2D eigenvalue weighted by Gasteiger charge is -2.34. The van der Waals surface area contributed by atoms with Crippen molar-refractivity contribution in [1.82, 2.24) is 10.2 Å². The first-order valence-corrected chi connectivity index (χ1v) is 8.94. The molecule has 2 rings (SSSR count). The summed E-state index contributed by atoms with van der Waals surface area (Å²) in [5, 5.41) is 12.1. The molecule has 0 spiro atoms. The Bertz CT molecular complexity index is 678. The molecule has 0 radical (unpaired) electrons. The molecule has 150 valence electrons. The molecule has 0 aromatic heterocycles. The van der Waals surface area contributed by atoms with Crippen LogP contribution in [0, 0.1) is 11.8 Å². The zero-order chi connectivity index (χ0) is 20.0. The Morgan fingerprint density at radius 2 is 1.85 bits per heavy atom. The smallest absolute Gasteiger partial charge is 0.317 e. The second kappa shape index (κ2) is 9.34. The summed E-state index contributed by atoms with van der Waals surface area (Å²) in [4.78, 5) is 25.3. The van der Waals surface area contributed by atoms with Crippen molar-refractivity contribution in [2.75, 3.05) is 41.0 Å². The molecule has 0 saturated carbocycles. The minimum Gasteiger partial charge on any atom is -0.493 e. The van der Waals surface area contributed by atoms with Crippen molar-refractivity contribution in [2.24, 2.45) is 11.8 Å². The molecule has 8 heteroatoms. The van der Waals surface area contributed by atoms with Gasteiger partial charge in [0, 0.05) is 25.2 Å². The van der Waals surface area contributed by atoms with Crippen LogP contribution >= 0.6 is 0 Å². The fourth-order valence-electron chi connectivity index (χ4n) is 3.47. The maximum Gasteiger partial charge on any atom is 0.317 e. The van der Waals surface area contributed by atoms with Crippen LogP contribution in [0.15, 0.2) is 12.1 Å². The van der Waals surface area contributed by atoms with Crippen LogP contribution in [0.3, 0.4) is 0 Å². The molecular formula is C19H28N2O6. The van der Waals surface area contributed by atoms with Crippen molar-refractivity contribution in [3.63, 3.8) is 0 Å². The van der Waals surface area contributed by atoms with Crippen molar-refractivity contribution in [3.8, 4) is 17.2 Å². The Labute approximate surface area is 159 Å². The number of nitrogens with zero attached hydrogens (tertiary/aromatic N) is 1. The number of carbonyl (C=O) groups is 2. The molecule has 1 heterocycles. The lowest BCUT2D eigenvalue weighted by molar-refractivity contribution is -0.143. The summed E-state index contributed by atoms with van der Waals surface area (Å²) in [7, 11) is 4.66. The van der Waals surface area contributed by atoms with Crippen LogP contribution in [0.1, 0.15) is 18.9 Å². The average molecular weight is 380 g/mol. The predicted octanol–water partition coefficient (Wildman–Crippen LogP) is 2.01. The quantitative estimate of drug-likeness (QED) is 0.751. The summed E-state index contributed by atoms with van der Waals surface area (Å²) in [6.07, 6.45) is 1.14. The van der Waals surface area contributed by atoms with Crippen LogP contribution in [0.2, 0.25) is 0 Å². The second-order valence-electron chi connectivity index (χ2n) is 6.76. The standard InChI is InChI=1S/C19H28N2O6/c1-12-9-14(18(22)23)11-21(10-12)19(24)20-8-7-13-5-6-15(25-2)17(27-4)16(13)26-3/h5-6,12,14H,7-11H2,1-4H3,(H,20,24)(H,22,23). The number of benzene rings is 1. The highest BCUT2D eigenvalue weighted by atomic mass is 16.5. The molecule has 1 aliphatic heterocycles. The summed E-state index contributed by atoms with van der Waals surface area (Å²) in [6, 6.07) is 3.42. The minimum atomic E-state index is -0.852. The Morgan fingerprint density at radius 3 is 2.44 bits per heavy atom. The number of urea groups is 1. The summed E-state index contributed by atoms with van der Waals surface area (Å²) < 4.78 is 16.1. The van der Waals surface area contributed by atoms with E-state index >= 15 is 0 Å². The first-order chi connectivity index (χ1) is 12.9. The van der Waals surface area contributed by atoms with Gasteiger partial charge in [0.1, 0.15) is 0 Å². The highest BCUT2D eigenvalue weighted by Gasteiger charge is 2.31.